The normalized spacial score (nSPS) is 26.1. The van der Waals surface area contributed by atoms with E-state index in [9.17, 15) is 4.79 Å². The predicted molar refractivity (Wildman–Crippen MR) is 82.5 cm³/mol. The highest BCUT2D eigenvalue weighted by atomic mass is 16.5. The van der Waals surface area contributed by atoms with Crippen LogP contribution in [0.5, 0.6) is 0 Å². The standard InChI is InChI=1S/C18H22O3/c1-12-7-13(2)9-15(8-12)20-11-16(19)18-10-14-5-3-4-6-17(14)21-18/h3-6,10,12-13,15H,7-9,11H2,1-2H3. The number of hydrogen-bond acceptors (Lipinski definition) is 3. The summed E-state index contributed by atoms with van der Waals surface area (Å²) in [5.74, 6) is 1.69. The van der Waals surface area contributed by atoms with Crippen molar-refractivity contribution >= 4 is 16.8 Å². The Hall–Kier alpha value is -1.61. The Morgan fingerprint density at radius 3 is 2.62 bits per heavy atom. The summed E-state index contributed by atoms with van der Waals surface area (Å²) in [6.45, 7) is 4.63. The lowest BCUT2D eigenvalue weighted by molar-refractivity contribution is 0.00479. The van der Waals surface area contributed by atoms with Crippen LogP contribution in [0.3, 0.4) is 0 Å². The van der Waals surface area contributed by atoms with Crippen LogP contribution in [0.4, 0.5) is 0 Å². The van der Waals surface area contributed by atoms with Crippen LogP contribution in [0.15, 0.2) is 34.7 Å². The highest BCUT2D eigenvalue weighted by molar-refractivity contribution is 5.98. The van der Waals surface area contributed by atoms with Gasteiger partial charge in [-0.3, -0.25) is 4.79 Å². The van der Waals surface area contributed by atoms with E-state index in [1.807, 2.05) is 24.3 Å². The van der Waals surface area contributed by atoms with E-state index in [1.165, 1.54) is 6.42 Å². The largest absolute Gasteiger partial charge is 0.453 e. The highest BCUT2D eigenvalue weighted by Gasteiger charge is 2.25. The Morgan fingerprint density at radius 1 is 1.19 bits per heavy atom. The number of benzene rings is 1. The molecule has 112 valence electrons. The molecular formula is C18H22O3. The van der Waals surface area contributed by atoms with Gasteiger partial charge in [0.2, 0.25) is 5.78 Å². The first-order chi connectivity index (χ1) is 10.1. The van der Waals surface area contributed by atoms with Crippen molar-refractivity contribution in [1.29, 1.82) is 0 Å². The zero-order valence-corrected chi connectivity index (χ0v) is 12.7. The summed E-state index contributed by atoms with van der Waals surface area (Å²) in [6, 6.07) is 9.46. The molecule has 0 spiro atoms. The number of ketones is 1. The van der Waals surface area contributed by atoms with Crippen molar-refractivity contribution in [3.8, 4) is 0 Å². The van der Waals surface area contributed by atoms with E-state index in [-0.39, 0.29) is 18.5 Å². The van der Waals surface area contributed by atoms with Gasteiger partial charge in [0.25, 0.3) is 0 Å². The first-order valence-electron chi connectivity index (χ1n) is 7.75. The van der Waals surface area contributed by atoms with E-state index in [0.717, 1.165) is 23.8 Å². The highest BCUT2D eigenvalue weighted by Crippen LogP contribution is 2.30. The Labute approximate surface area is 125 Å². The van der Waals surface area contributed by atoms with Crippen LogP contribution in [-0.4, -0.2) is 18.5 Å². The smallest absolute Gasteiger partial charge is 0.223 e. The molecule has 21 heavy (non-hydrogen) atoms. The van der Waals surface area contributed by atoms with Gasteiger partial charge in [0.05, 0.1) is 6.10 Å². The van der Waals surface area contributed by atoms with Crippen LogP contribution in [0, 0.1) is 11.8 Å². The van der Waals surface area contributed by atoms with Gasteiger partial charge in [0, 0.05) is 5.39 Å². The summed E-state index contributed by atoms with van der Waals surface area (Å²) in [5, 5.41) is 0.959. The fraction of sp³-hybridized carbons (Fsp3) is 0.500. The number of Topliss-reactive ketones (excluding diaryl/α,β-unsaturated/α-hetero) is 1. The molecule has 1 aromatic carbocycles. The second kappa shape index (κ2) is 6.02. The van der Waals surface area contributed by atoms with Gasteiger partial charge in [-0.05, 0) is 43.2 Å². The summed E-state index contributed by atoms with van der Waals surface area (Å²) in [5.41, 5.74) is 0.751. The molecule has 1 aromatic heterocycles. The van der Waals surface area contributed by atoms with Crippen molar-refractivity contribution < 1.29 is 13.9 Å². The van der Waals surface area contributed by atoms with E-state index in [0.29, 0.717) is 17.6 Å². The van der Waals surface area contributed by atoms with Crippen molar-refractivity contribution in [3.05, 3.63) is 36.1 Å². The van der Waals surface area contributed by atoms with Gasteiger partial charge >= 0.3 is 0 Å². The topological polar surface area (TPSA) is 39.4 Å². The molecule has 1 fully saturated rings. The Morgan fingerprint density at radius 2 is 1.90 bits per heavy atom. The number of carbonyl (C=O) groups is 1. The Balaban J connectivity index is 1.61. The second-order valence-corrected chi connectivity index (χ2v) is 6.42. The lowest BCUT2D eigenvalue weighted by Gasteiger charge is -2.31. The van der Waals surface area contributed by atoms with Crippen LogP contribution in [0.25, 0.3) is 11.0 Å². The van der Waals surface area contributed by atoms with Crippen molar-refractivity contribution in [1.82, 2.24) is 0 Å². The maximum atomic E-state index is 12.2. The fourth-order valence-corrected chi connectivity index (χ4v) is 3.39. The van der Waals surface area contributed by atoms with E-state index < -0.39 is 0 Å². The lowest BCUT2D eigenvalue weighted by Crippen LogP contribution is -2.28. The molecule has 0 saturated heterocycles. The molecule has 2 aromatic rings. The average Bonchev–Trinajstić information content (AvgIpc) is 2.87. The van der Waals surface area contributed by atoms with Gasteiger partial charge in [-0.2, -0.15) is 0 Å². The number of rotatable bonds is 4. The zero-order chi connectivity index (χ0) is 14.8. The third kappa shape index (κ3) is 3.35. The van der Waals surface area contributed by atoms with Crippen LogP contribution >= 0.6 is 0 Å². The van der Waals surface area contributed by atoms with E-state index in [2.05, 4.69) is 13.8 Å². The minimum atomic E-state index is -0.0721. The average molecular weight is 286 g/mol. The molecular weight excluding hydrogens is 264 g/mol. The molecule has 1 saturated carbocycles. The van der Waals surface area contributed by atoms with Crippen LogP contribution in [-0.2, 0) is 4.74 Å². The SMILES string of the molecule is CC1CC(C)CC(OCC(=O)c2cc3ccccc3o2)C1. The maximum Gasteiger partial charge on any atom is 0.223 e. The molecule has 2 unspecified atom stereocenters. The molecule has 1 aliphatic rings. The van der Waals surface area contributed by atoms with Crippen LogP contribution < -0.4 is 0 Å². The molecule has 1 aliphatic carbocycles. The quantitative estimate of drug-likeness (QED) is 0.779. The van der Waals surface area contributed by atoms with Gasteiger partial charge in [-0.25, -0.2) is 0 Å². The van der Waals surface area contributed by atoms with Gasteiger partial charge in [-0.15, -0.1) is 0 Å². The molecule has 2 atom stereocenters. The number of para-hydroxylation sites is 1. The summed E-state index contributed by atoms with van der Waals surface area (Å²) < 4.78 is 11.4. The molecule has 3 nitrogen and oxygen atoms in total. The minimum absolute atomic E-state index is 0.0721. The second-order valence-electron chi connectivity index (χ2n) is 6.42. The number of furan rings is 1. The summed E-state index contributed by atoms with van der Waals surface area (Å²) in [7, 11) is 0. The van der Waals surface area contributed by atoms with Crippen molar-refractivity contribution in [2.75, 3.05) is 6.61 Å². The molecule has 0 aliphatic heterocycles. The number of ether oxygens (including phenoxy) is 1. The van der Waals surface area contributed by atoms with Gasteiger partial charge in [-0.1, -0.05) is 32.0 Å². The number of hydrogen-bond donors (Lipinski definition) is 0. The predicted octanol–water partition coefficient (Wildman–Crippen LogP) is 4.46. The first kappa shape index (κ1) is 14.3. The third-order valence-electron chi connectivity index (χ3n) is 4.29. The van der Waals surface area contributed by atoms with Crippen molar-refractivity contribution in [2.45, 2.75) is 39.2 Å². The third-order valence-corrected chi connectivity index (χ3v) is 4.29. The summed E-state index contributed by atoms with van der Waals surface area (Å²) >= 11 is 0. The lowest BCUT2D eigenvalue weighted by atomic mass is 9.82. The van der Waals surface area contributed by atoms with E-state index >= 15 is 0 Å². The molecule has 0 radical (unpaired) electrons. The van der Waals surface area contributed by atoms with Crippen molar-refractivity contribution in [3.63, 3.8) is 0 Å². The van der Waals surface area contributed by atoms with E-state index in [1.54, 1.807) is 6.07 Å². The summed E-state index contributed by atoms with van der Waals surface area (Å²) in [4.78, 5) is 12.2. The molecule has 3 heteroatoms. The van der Waals surface area contributed by atoms with Gasteiger partial charge in [0.1, 0.15) is 12.2 Å². The Bertz CT molecular complexity index is 585. The van der Waals surface area contributed by atoms with Crippen LogP contribution in [0.1, 0.15) is 43.7 Å². The first-order valence-corrected chi connectivity index (χ1v) is 7.75. The van der Waals surface area contributed by atoms with Gasteiger partial charge in [0.15, 0.2) is 5.76 Å². The summed E-state index contributed by atoms with van der Waals surface area (Å²) in [6.07, 6.45) is 3.57. The Kier molecular flexibility index (Phi) is 4.11. The molecule has 0 N–H and O–H groups in total. The molecule has 0 amide bonds. The van der Waals surface area contributed by atoms with Crippen molar-refractivity contribution in [2.24, 2.45) is 11.8 Å². The molecule has 0 bridgehead atoms. The number of fused-ring (bicyclic) bond motifs is 1. The molecule has 1 heterocycles. The molecule has 3 rings (SSSR count). The number of carbonyl (C=O) groups excluding carboxylic acids is 1. The van der Waals surface area contributed by atoms with Crippen LogP contribution in [0.2, 0.25) is 0 Å². The monoisotopic (exact) mass is 286 g/mol. The zero-order valence-electron chi connectivity index (χ0n) is 12.7. The maximum absolute atomic E-state index is 12.2. The van der Waals surface area contributed by atoms with E-state index in [4.69, 9.17) is 9.15 Å². The van der Waals surface area contributed by atoms with Gasteiger partial charge < -0.3 is 9.15 Å². The minimum Gasteiger partial charge on any atom is -0.453 e. The fourth-order valence-electron chi connectivity index (χ4n) is 3.39.